The molecule has 0 spiro atoms. The highest BCUT2D eigenvalue weighted by Crippen LogP contribution is 2.19. The Labute approximate surface area is 84.6 Å². The minimum atomic E-state index is -0.567. The van der Waals surface area contributed by atoms with Crippen molar-refractivity contribution in [2.75, 3.05) is 6.61 Å². The number of hydrogen-bond acceptors (Lipinski definition) is 4. The molecule has 15 heavy (non-hydrogen) atoms. The first-order chi connectivity index (χ1) is 7.22. The standard InChI is InChI=1S/C10H8FNO3/c1-2-14-10(13)9-7-4-3-6(11)5-8(7)15-12-9/h3-5H,2H2,1H3. The second kappa shape index (κ2) is 3.68. The summed E-state index contributed by atoms with van der Waals surface area (Å²) in [5.74, 6) is -1.00. The van der Waals surface area contributed by atoms with Crippen LogP contribution in [0.4, 0.5) is 4.39 Å². The lowest BCUT2D eigenvalue weighted by Gasteiger charge is -1.96. The van der Waals surface area contributed by atoms with Crippen molar-refractivity contribution in [3.05, 3.63) is 29.7 Å². The molecular formula is C10H8FNO3. The molecule has 0 amide bonds. The number of nitrogens with zero attached hydrogens (tertiary/aromatic N) is 1. The molecule has 1 aromatic carbocycles. The average molecular weight is 209 g/mol. The summed E-state index contributed by atoms with van der Waals surface area (Å²) in [7, 11) is 0. The van der Waals surface area contributed by atoms with E-state index in [1.807, 2.05) is 0 Å². The first-order valence-electron chi connectivity index (χ1n) is 4.44. The monoisotopic (exact) mass is 209 g/mol. The van der Waals surface area contributed by atoms with Crippen LogP contribution in [0, 0.1) is 5.82 Å². The highest BCUT2D eigenvalue weighted by molar-refractivity contribution is 6.01. The van der Waals surface area contributed by atoms with E-state index in [0.717, 1.165) is 0 Å². The fourth-order valence-corrected chi connectivity index (χ4v) is 1.26. The van der Waals surface area contributed by atoms with Gasteiger partial charge in [0.1, 0.15) is 5.82 Å². The molecule has 78 valence electrons. The fourth-order valence-electron chi connectivity index (χ4n) is 1.26. The third-order valence-electron chi connectivity index (χ3n) is 1.90. The smallest absolute Gasteiger partial charge is 0.361 e. The van der Waals surface area contributed by atoms with E-state index in [1.165, 1.54) is 18.2 Å². The Kier molecular flexibility index (Phi) is 2.37. The van der Waals surface area contributed by atoms with Gasteiger partial charge in [0.2, 0.25) is 0 Å². The van der Waals surface area contributed by atoms with Crippen molar-refractivity contribution in [1.82, 2.24) is 5.16 Å². The topological polar surface area (TPSA) is 52.3 Å². The molecule has 0 atom stereocenters. The zero-order valence-electron chi connectivity index (χ0n) is 7.99. The van der Waals surface area contributed by atoms with Crippen molar-refractivity contribution in [2.24, 2.45) is 0 Å². The number of rotatable bonds is 2. The number of halogens is 1. The molecule has 0 fully saturated rings. The number of ether oxygens (including phenoxy) is 1. The number of hydrogen-bond donors (Lipinski definition) is 0. The normalized spacial score (nSPS) is 10.5. The quantitative estimate of drug-likeness (QED) is 0.711. The third kappa shape index (κ3) is 1.68. The molecule has 0 saturated heterocycles. The molecule has 0 unspecified atom stereocenters. The van der Waals surface area contributed by atoms with Crippen LogP contribution in [0.3, 0.4) is 0 Å². The van der Waals surface area contributed by atoms with Gasteiger partial charge in [-0.3, -0.25) is 0 Å². The maximum absolute atomic E-state index is 12.8. The van der Waals surface area contributed by atoms with Crippen LogP contribution in [-0.4, -0.2) is 17.7 Å². The molecule has 1 aromatic heterocycles. The van der Waals surface area contributed by atoms with Gasteiger partial charge in [-0.2, -0.15) is 0 Å². The van der Waals surface area contributed by atoms with Crippen LogP contribution in [0.2, 0.25) is 0 Å². The van der Waals surface area contributed by atoms with E-state index in [1.54, 1.807) is 6.92 Å². The molecular weight excluding hydrogens is 201 g/mol. The molecule has 2 rings (SSSR count). The van der Waals surface area contributed by atoms with Crippen LogP contribution in [0.5, 0.6) is 0 Å². The Morgan fingerprint density at radius 2 is 2.40 bits per heavy atom. The van der Waals surface area contributed by atoms with Gasteiger partial charge in [-0.25, -0.2) is 9.18 Å². The van der Waals surface area contributed by atoms with Gasteiger partial charge in [0.05, 0.1) is 12.0 Å². The number of carbonyl (C=O) groups excluding carboxylic acids is 1. The molecule has 4 nitrogen and oxygen atoms in total. The zero-order chi connectivity index (χ0) is 10.8. The predicted octanol–water partition coefficient (Wildman–Crippen LogP) is 2.14. The lowest BCUT2D eigenvalue weighted by atomic mass is 10.2. The maximum atomic E-state index is 12.8. The van der Waals surface area contributed by atoms with Crippen LogP contribution in [-0.2, 0) is 4.74 Å². The van der Waals surface area contributed by atoms with Crippen molar-refractivity contribution in [2.45, 2.75) is 6.92 Å². The molecule has 1 heterocycles. The summed E-state index contributed by atoms with van der Waals surface area (Å²) in [6.07, 6.45) is 0. The summed E-state index contributed by atoms with van der Waals surface area (Å²) in [6.45, 7) is 1.95. The highest BCUT2D eigenvalue weighted by atomic mass is 19.1. The summed E-state index contributed by atoms with van der Waals surface area (Å²) >= 11 is 0. The first-order valence-corrected chi connectivity index (χ1v) is 4.44. The molecule has 2 aromatic rings. The summed E-state index contributed by atoms with van der Waals surface area (Å²) in [4.78, 5) is 11.4. The van der Waals surface area contributed by atoms with E-state index in [9.17, 15) is 9.18 Å². The minimum Gasteiger partial charge on any atom is -0.461 e. The molecule has 0 bridgehead atoms. The number of aromatic nitrogens is 1. The van der Waals surface area contributed by atoms with Crippen LogP contribution < -0.4 is 0 Å². The van der Waals surface area contributed by atoms with Crippen LogP contribution in [0.15, 0.2) is 22.7 Å². The summed E-state index contributed by atoms with van der Waals surface area (Å²) in [5.41, 5.74) is 0.310. The van der Waals surface area contributed by atoms with Crippen molar-refractivity contribution in [1.29, 1.82) is 0 Å². The van der Waals surface area contributed by atoms with Gasteiger partial charge in [-0.1, -0.05) is 5.16 Å². The van der Waals surface area contributed by atoms with E-state index in [2.05, 4.69) is 5.16 Å². The van der Waals surface area contributed by atoms with Crippen molar-refractivity contribution in [3.63, 3.8) is 0 Å². The van der Waals surface area contributed by atoms with Gasteiger partial charge in [0.15, 0.2) is 11.3 Å². The van der Waals surface area contributed by atoms with E-state index in [-0.39, 0.29) is 17.9 Å². The van der Waals surface area contributed by atoms with Gasteiger partial charge >= 0.3 is 5.97 Å². The fraction of sp³-hybridized carbons (Fsp3) is 0.200. The first kappa shape index (κ1) is 9.64. The van der Waals surface area contributed by atoms with Gasteiger partial charge in [-0.15, -0.1) is 0 Å². The lowest BCUT2D eigenvalue weighted by molar-refractivity contribution is 0.0517. The van der Waals surface area contributed by atoms with E-state index < -0.39 is 11.8 Å². The minimum absolute atomic E-state index is 0.0758. The average Bonchev–Trinajstić information content (AvgIpc) is 2.60. The Hall–Kier alpha value is -1.91. The van der Waals surface area contributed by atoms with Gasteiger partial charge in [-0.05, 0) is 19.1 Å². The third-order valence-corrected chi connectivity index (χ3v) is 1.90. The number of benzene rings is 1. The molecule has 0 N–H and O–H groups in total. The molecule has 0 aliphatic rings. The van der Waals surface area contributed by atoms with Gasteiger partial charge in [0.25, 0.3) is 0 Å². The maximum Gasteiger partial charge on any atom is 0.361 e. The van der Waals surface area contributed by atoms with Crippen molar-refractivity contribution < 1.29 is 18.4 Å². The van der Waals surface area contributed by atoms with E-state index in [4.69, 9.17) is 9.26 Å². The molecule has 0 aliphatic carbocycles. The Balaban J connectivity index is 2.49. The Morgan fingerprint density at radius 1 is 1.60 bits per heavy atom. The lowest BCUT2D eigenvalue weighted by Crippen LogP contribution is -2.05. The van der Waals surface area contributed by atoms with Gasteiger partial charge < -0.3 is 9.26 Å². The number of carbonyl (C=O) groups is 1. The largest absolute Gasteiger partial charge is 0.461 e. The number of esters is 1. The molecule has 0 aliphatic heterocycles. The summed E-state index contributed by atoms with van der Waals surface area (Å²) < 4.78 is 22.4. The van der Waals surface area contributed by atoms with Crippen LogP contribution in [0.25, 0.3) is 11.0 Å². The second-order valence-corrected chi connectivity index (χ2v) is 2.89. The van der Waals surface area contributed by atoms with E-state index >= 15 is 0 Å². The predicted molar refractivity (Wildman–Crippen MR) is 49.9 cm³/mol. The van der Waals surface area contributed by atoms with E-state index in [0.29, 0.717) is 5.39 Å². The molecule has 0 saturated carbocycles. The Bertz CT molecular complexity index is 506. The van der Waals surface area contributed by atoms with Crippen LogP contribution >= 0.6 is 0 Å². The van der Waals surface area contributed by atoms with Crippen molar-refractivity contribution in [3.8, 4) is 0 Å². The summed E-state index contributed by atoms with van der Waals surface area (Å²) in [6, 6.07) is 3.85. The zero-order valence-corrected chi connectivity index (χ0v) is 7.99. The highest BCUT2D eigenvalue weighted by Gasteiger charge is 2.17. The molecule has 5 heteroatoms. The number of fused-ring (bicyclic) bond motifs is 1. The molecule has 0 radical (unpaired) electrons. The Morgan fingerprint density at radius 3 is 3.13 bits per heavy atom. The van der Waals surface area contributed by atoms with Crippen molar-refractivity contribution >= 4 is 16.9 Å². The summed E-state index contributed by atoms with van der Waals surface area (Å²) in [5, 5.41) is 3.99. The second-order valence-electron chi connectivity index (χ2n) is 2.89. The van der Waals surface area contributed by atoms with Crippen LogP contribution in [0.1, 0.15) is 17.4 Å². The van der Waals surface area contributed by atoms with Gasteiger partial charge in [0, 0.05) is 6.07 Å². The SMILES string of the molecule is CCOC(=O)c1noc2cc(F)ccc12.